The fourth-order valence-corrected chi connectivity index (χ4v) is 1.06. The van der Waals surface area contributed by atoms with Crippen LogP contribution in [-0.2, 0) is 9.53 Å². The van der Waals surface area contributed by atoms with Gasteiger partial charge in [0.2, 0.25) is 0 Å². The summed E-state index contributed by atoms with van der Waals surface area (Å²) in [5, 5.41) is 0. The molecule has 0 bridgehead atoms. The Labute approximate surface area is 128 Å². The van der Waals surface area contributed by atoms with E-state index >= 15 is 0 Å². The first kappa shape index (κ1) is 25.9. The maximum absolute atomic E-state index is 9.84. The number of esters is 1. The van der Waals surface area contributed by atoms with Gasteiger partial charge in [-0.15, -0.1) is 0 Å². The van der Waals surface area contributed by atoms with Crippen molar-refractivity contribution in [2.75, 3.05) is 13.7 Å². The fourth-order valence-electron chi connectivity index (χ4n) is 1.06. The van der Waals surface area contributed by atoms with Gasteiger partial charge < -0.3 is 15.9 Å². The van der Waals surface area contributed by atoms with E-state index in [1.807, 2.05) is 0 Å². The van der Waals surface area contributed by atoms with Crippen LogP contribution in [-0.4, -0.2) is 25.1 Å². The summed E-state index contributed by atoms with van der Waals surface area (Å²) in [6.45, 7) is 8.47. The van der Waals surface area contributed by atoms with Crippen molar-refractivity contribution in [1.29, 1.82) is 0 Å². The average Bonchev–Trinajstić information content (AvgIpc) is 2.30. The molecule has 0 aromatic heterocycles. The van der Waals surface area contributed by atoms with Crippen molar-refractivity contribution in [3.63, 3.8) is 0 Å². The average molecular weight is 255 g/mol. The van der Waals surface area contributed by atoms with Crippen molar-refractivity contribution in [1.82, 2.24) is 0 Å². The molecule has 0 rings (SSSR count). The number of hydrogen-bond donors (Lipinski definition) is 1. The monoisotopic (exact) mass is 255 g/mol. The summed E-state index contributed by atoms with van der Waals surface area (Å²) in [7, 11) is 1.31. The quantitative estimate of drug-likeness (QED) is 0.388. The molecule has 5 heteroatoms. The summed E-state index contributed by atoms with van der Waals surface area (Å²) in [4.78, 5) is 9.84. The van der Waals surface area contributed by atoms with Crippen LogP contribution in [0.2, 0.25) is 0 Å². The van der Waals surface area contributed by atoms with E-state index in [4.69, 9.17) is 5.73 Å². The zero-order valence-electron chi connectivity index (χ0n) is 11.7. The minimum atomic E-state index is -0.394. The van der Waals surface area contributed by atoms with E-state index in [1.54, 1.807) is 0 Å². The summed E-state index contributed by atoms with van der Waals surface area (Å²) in [5.41, 5.74) is 5.52. The van der Waals surface area contributed by atoms with Crippen molar-refractivity contribution < 1.29 is 44.6 Å². The van der Waals surface area contributed by atoms with Crippen LogP contribution in [0.25, 0.3) is 0 Å². The molecule has 3 N–H and O–H groups in total. The number of unbranched alkanes of at least 4 members (excludes halogenated alkanes) is 1. The molecule has 0 aliphatic carbocycles. The first-order chi connectivity index (χ1) is 7.15. The van der Waals surface area contributed by atoms with E-state index in [1.165, 1.54) is 32.8 Å². The van der Waals surface area contributed by atoms with Crippen molar-refractivity contribution in [2.45, 2.75) is 39.5 Å². The number of carbonyl (C=O) groups excluding carboxylic acids is 1. The van der Waals surface area contributed by atoms with E-state index in [9.17, 15) is 4.79 Å². The van der Waals surface area contributed by atoms with Crippen LogP contribution in [0, 0.1) is 5.92 Å². The first-order valence-corrected chi connectivity index (χ1v) is 5.56. The van der Waals surface area contributed by atoms with Crippen molar-refractivity contribution in [3.05, 3.63) is 12.7 Å². The van der Waals surface area contributed by atoms with Gasteiger partial charge in [-0.25, -0.2) is 4.79 Å². The molecule has 0 heterocycles. The molecule has 0 saturated heterocycles. The molecule has 4 nitrogen and oxygen atoms in total. The Balaban J connectivity index is -0.0000000945. The third-order valence-electron chi connectivity index (χ3n) is 2.24. The number of rotatable bonds is 6. The topological polar surface area (TPSA) is 82.3 Å². The number of carbonyl (C=O) groups is 1. The second-order valence-electron chi connectivity index (χ2n) is 3.38. The Morgan fingerprint density at radius 3 is 2.18 bits per heavy atom. The van der Waals surface area contributed by atoms with E-state index in [2.05, 4.69) is 25.2 Å². The zero-order valence-corrected chi connectivity index (χ0v) is 13.7. The van der Waals surface area contributed by atoms with Gasteiger partial charge in [0.05, 0.1) is 7.11 Å². The number of hydrogen-bond acceptors (Lipinski definition) is 4. The number of methoxy groups -OCH3 is 1. The third-order valence-corrected chi connectivity index (χ3v) is 2.24. The Hall–Kier alpha value is 0.130. The van der Waals surface area contributed by atoms with Gasteiger partial charge in [-0.3, -0.25) is 0 Å². The first-order valence-electron chi connectivity index (χ1n) is 5.56. The molecule has 0 fully saturated rings. The van der Waals surface area contributed by atoms with Crippen molar-refractivity contribution >= 4 is 5.97 Å². The minimum Gasteiger partial charge on any atom is -0.870 e. The van der Waals surface area contributed by atoms with Crippen LogP contribution < -0.4 is 35.3 Å². The number of ether oxygens (including phenoxy) is 1. The minimum absolute atomic E-state index is 0. The Kier molecular flexibility index (Phi) is 32.6. The Morgan fingerprint density at radius 2 is 2.00 bits per heavy atom. The predicted molar refractivity (Wildman–Crippen MR) is 66.5 cm³/mol. The smallest absolute Gasteiger partial charge is 0.870 e. The van der Waals surface area contributed by atoms with E-state index in [0.29, 0.717) is 0 Å². The summed E-state index contributed by atoms with van der Waals surface area (Å²) < 4.78 is 4.14. The van der Waals surface area contributed by atoms with Gasteiger partial charge in [0.25, 0.3) is 0 Å². The normalized spacial score (nSPS) is 9.65. The van der Waals surface area contributed by atoms with Gasteiger partial charge in [0.1, 0.15) is 0 Å². The molecule has 0 amide bonds. The number of nitrogens with two attached hydrogens (primary N) is 1. The molecule has 0 aliphatic rings. The van der Waals surface area contributed by atoms with Crippen LogP contribution in [0.3, 0.4) is 0 Å². The maximum atomic E-state index is 9.84. The van der Waals surface area contributed by atoms with Crippen molar-refractivity contribution in [3.8, 4) is 0 Å². The van der Waals surface area contributed by atoms with E-state index in [-0.39, 0.29) is 35.0 Å². The zero-order chi connectivity index (χ0) is 12.1. The third kappa shape index (κ3) is 21.9. The molecule has 0 aromatic carbocycles. The van der Waals surface area contributed by atoms with Crippen LogP contribution in [0.4, 0.5) is 0 Å². The molecular weight excluding hydrogens is 229 g/mol. The second kappa shape index (κ2) is 21.4. The summed E-state index contributed by atoms with van der Waals surface area (Å²) in [5.74, 6) is 0.389. The molecule has 98 valence electrons. The van der Waals surface area contributed by atoms with Gasteiger partial charge in [0, 0.05) is 6.08 Å². The van der Waals surface area contributed by atoms with Gasteiger partial charge in [-0.2, -0.15) is 0 Å². The molecule has 0 radical (unpaired) electrons. The maximum Gasteiger partial charge on any atom is 1.00 e. The van der Waals surface area contributed by atoms with Gasteiger partial charge in [-0.05, 0) is 18.9 Å². The van der Waals surface area contributed by atoms with Crippen LogP contribution in [0.1, 0.15) is 39.5 Å². The molecule has 0 aromatic rings. The molecular formula is C12H26NNaO3. The van der Waals surface area contributed by atoms with Crippen LogP contribution >= 0.6 is 0 Å². The standard InChI is InChI=1S/C8H19N.C4H6O2.Na.H2O/c1-3-5-6-8(4-2)7-9;1-3-4(5)6-2;;/h8H,3-7,9H2,1-2H3;3H,1H2,2H3;;1H2/q;;+1;/p-1. The molecule has 1 atom stereocenters. The van der Waals surface area contributed by atoms with Gasteiger partial charge >= 0.3 is 35.5 Å². The summed E-state index contributed by atoms with van der Waals surface area (Å²) in [6.07, 6.45) is 6.33. The molecule has 1 unspecified atom stereocenters. The van der Waals surface area contributed by atoms with Gasteiger partial charge in [0.15, 0.2) is 0 Å². The molecule has 17 heavy (non-hydrogen) atoms. The van der Waals surface area contributed by atoms with E-state index < -0.39 is 5.97 Å². The fraction of sp³-hybridized carbons (Fsp3) is 0.750. The largest absolute Gasteiger partial charge is 1.00 e. The van der Waals surface area contributed by atoms with Crippen molar-refractivity contribution in [2.24, 2.45) is 11.7 Å². The molecule has 0 saturated carbocycles. The van der Waals surface area contributed by atoms with Gasteiger partial charge in [-0.1, -0.05) is 39.7 Å². The SMILES string of the molecule is C=CC(=O)OC.CCCCC(CC)CN.[Na+].[OH-]. The van der Waals surface area contributed by atoms with Crippen LogP contribution in [0.5, 0.6) is 0 Å². The van der Waals surface area contributed by atoms with E-state index in [0.717, 1.165) is 18.5 Å². The molecule has 0 spiro atoms. The summed E-state index contributed by atoms with van der Waals surface area (Å²) in [6, 6.07) is 0. The predicted octanol–water partition coefficient (Wildman–Crippen LogP) is -0.666. The Bertz CT molecular complexity index is 162. The van der Waals surface area contributed by atoms with Crippen LogP contribution in [0.15, 0.2) is 12.7 Å². The molecule has 0 aliphatic heterocycles. The summed E-state index contributed by atoms with van der Waals surface area (Å²) >= 11 is 0. The Morgan fingerprint density at radius 1 is 1.47 bits per heavy atom. The second-order valence-corrected chi connectivity index (χ2v) is 3.38.